The smallest absolute Gasteiger partial charge is 0.0965 e. The molecule has 15 heavy (non-hydrogen) atoms. The molecular formula is C13H15N2+. The zero-order valence-corrected chi connectivity index (χ0v) is 8.93. The molecule has 0 fully saturated rings. The Labute approximate surface area is 90.8 Å². The third kappa shape index (κ3) is 2.69. The first-order valence-corrected chi connectivity index (χ1v) is 5.34. The SMILES string of the molecule is CC(CCc1ccccc1)[C+]1N=CC=N1. The maximum absolute atomic E-state index is 4.22. The molecule has 0 aromatic heterocycles. The van der Waals surface area contributed by atoms with Gasteiger partial charge in [0.2, 0.25) is 6.17 Å². The van der Waals surface area contributed by atoms with Gasteiger partial charge in [0.05, 0.1) is 5.92 Å². The molecule has 1 aromatic rings. The van der Waals surface area contributed by atoms with Crippen molar-refractivity contribution in [2.45, 2.75) is 19.8 Å². The van der Waals surface area contributed by atoms with Gasteiger partial charge in [0.15, 0.2) is 12.4 Å². The highest BCUT2D eigenvalue weighted by Crippen LogP contribution is 2.23. The lowest BCUT2D eigenvalue weighted by Gasteiger charge is -2.07. The standard InChI is InChI=1S/C13H15N2/c1-11(13-14-9-10-15-13)7-8-12-5-3-2-4-6-12/h2-6,9-11H,7-8H2,1H3/q+1. The highest BCUT2D eigenvalue weighted by atomic mass is 15.0. The minimum absolute atomic E-state index is 0.445. The van der Waals surface area contributed by atoms with Crippen molar-refractivity contribution in [3.8, 4) is 0 Å². The van der Waals surface area contributed by atoms with Crippen LogP contribution >= 0.6 is 0 Å². The van der Waals surface area contributed by atoms with E-state index >= 15 is 0 Å². The molecule has 2 rings (SSSR count). The Morgan fingerprint density at radius 1 is 1.13 bits per heavy atom. The van der Waals surface area contributed by atoms with Crippen molar-refractivity contribution in [1.29, 1.82) is 0 Å². The number of aliphatic imine (C=N–C) groups is 2. The average Bonchev–Trinajstić information content (AvgIpc) is 2.81. The van der Waals surface area contributed by atoms with E-state index < -0.39 is 0 Å². The van der Waals surface area contributed by atoms with E-state index in [9.17, 15) is 0 Å². The van der Waals surface area contributed by atoms with Crippen molar-refractivity contribution in [3.63, 3.8) is 0 Å². The van der Waals surface area contributed by atoms with Gasteiger partial charge in [-0.1, -0.05) is 40.3 Å². The number of benzene rings is 1. The van der Waals surface area contributed by atoms with Crippen LogP contribution in [0.2, 0.25) is 0 Å². The van der Waals surface area contributed by atoms with E-state index in [1.165, 1.54) is 5.56 Å². The van der Waals surface area contributed by atoms with Gasteiger partial charge in [-0.05, 0) is 25.3 Å². The Morgan fingerprint density at radius 3 is 2.47 bits per heavy atom. The van der Waals surface area contributed by atoms with Crippen LogP contribution in [-0.4, -0.2) is 12.4 Å². The Hall–Kier alpha value is -1.57. The van der Waals surface area contributed by atoms with Crippen LogP contribution in [0.1, 0.15) is 18.9 Å². The summed E-state index contributed by atoms with van der Waals surface area (Å²) < 4.78 is 0. The molecule has 0 amide bonds. The van der Waals surface area contributed by atoms with E-state index in [0.717, 1.165) is 19.0 Å². The maximum Gasteiger partial charge on any atom is 0.243 e. The Bertz CT molecular complexity index is 342. The molecule has 1 aromatic carbocycles. The second kappa shape index (κ2) is 4.78. The fourth-order valence-electron chi connectivity index (χ4n) is 1.66. The van der Waals surface area contributed by atoms with Crippen LogP contribution in [0, 0.1) is 12.1 Å². The first kappa shape index (κ1) is 9.97. The molecule has 0 radical (unpaired) electrons. The minimum Gasteiger partial charge on any atom is -0.0965 e. The van der Waals surface area contributed by atoms with Crippen LogP contribution in [0.15, 0.2) is 40.3 Å². The van der Waals surface area contributed by atoms with Crippen LogP contribution in [0.25, 0.3) is 0 Å². The first-order chi connectivity index (χ1) is 7.36. The van der Waals surface area contributed by atoms with Gasteiger partial charge in [0, 0.05) is 0 Å². The van der Waals surface area contributed by atoms with Crippen molar-refractivity contribution in [2.24, 2.45) is 15.9 Å². The van der Waals surface area contributed by atoms with Crippen molar-refractivity contribution >= 4 is 12.4 Å². The number of nitrogens with zero attached hydrogens (tertiary/aromatic N) is 2. The lowest BCUT2D eigenvalue weighted by atomic mass is 9.99. The lowest BCUT2D eigenvalue weighted by molar-refractivity contribution is 0.539. The number of aryl methyl sites for hydroxylation is 1. The summed E-state index contributed by atoms with van der Waals surface area (Å²) >= 11 is 0. The van der Waals surface area contributed by atoms with Crippen LogP contribution in [0.5, 0.6) is 0 Å². The molecule has 2 nitrogen and oxygen atoms in total. The van der Waals surface area contributed by atoms with Crippen molar-refractivity contribution < 1.29 is 0 Å². The van der Waals surface area contributed by atoms with Gasteiger partial charge < -0.3 is 0 Å². The maximum atomic E-state index is 4.22. The summed E-state index contributed by atoms with van der Waals surface area (Å²) in [5, 5.41) is 0. The molecule has 0 N–H and O–H groups in total. The van der Waals surface area contributed by atoms with Crippen molar-refractivity contribution in [3.05, 3.63) is 42.1 Å². The Morgan fingerprint density at radius 2 is 1.80 bits per heavy atom. The molecule has 1 aliphatic rings. The summed E-state index contributed by atoms with van der Waals surface area (Å²) in [7, 11) is 0. The van der Waals surface area contributed by atoms with Gasteiger partial charge in [0.1, 0.15) is 0 Å². The molecule has 1 atom stereocenters. The molecule has 0 spiro atoms. The molecule has 1 heterocycles. The van der Waals surface area contributed by atoms with E-state index in [0.29, 0.717) is 5.92 Å². The predicted molar refractivity (Wildman–Crippen MR) is 64.2 cm³/mol. The number of hydrogen-bond acceptors (Lipinski definition) is 2. The molecule has 0 aliphatic carbocycles. The highest BCUT2D eigenvalue weighted by Gasteiger charge is 2.23. The molecule has 0 saturated heterocycles. The third-order valence-corrected chi connectivity index (χ3v) is 2.63. The molecule has 76 valence electrons. The second-order valence-electron chi connectivity index (χ2n) is 3.84. The monoisotopic (exact) mass is 199 g/mol. The largest absolute Gasteiger partial charge is 0.243 e. The fourth-order valence-corrected chi connectivity index (χ4v) is 1.66. The highest BCUT2D eigenvalue weighted by molar-refractivity contribution is 6.18. The molecule has 0 bridgehead atoms. The normalized spacial score (nSPS) is 15.9. The van der Waals surface area contributed by atoms with E-state index in [4.69, 9.17) is 0 Å². The Kier molecular flexibility index (Phi) is 3.18. The van der Waals surface area contributed by atoms with Gasteiger partial charge in [-0.15, -0.1) is 0 Å². The van der Waals surface area contributed by atoms with Gasteiger partial charge in [0.25, 0.3) is 0 Å². The summed E-state index contributed by atoms with van der Waals surface area (Å²) in [6.07, 6.45) is 6.68. The van der Waals surface area contributed by atoms with Crippen LogP contribution < -0.4 is 0 Å². The lowest BCUT2D eigenvalue weighted by Crippen LogP contribution is -2.04. The van der Waals surface area contributed by atoms with E-state index in [1.807, 2.05) is 6.07 Å². The molecule has 0 saturated carbocycles. The van der Waals surface area contributed by atoms with E-state index in [1.54, 1.807) is 12.4 Å². The first-order valence-electron chi connectivity index (χ1n) is 5.34. The third-order valence-electron chi connectivity index (χ3n) is 2.63. The number of rotatable bonds is 4. The average molecular weight is 199 g/mol. The van der Waals surface area contributed by atoms with Gasteiger partial charge >= 0.3 is 0 Å². The molecular weight excluding hydrogens is 184 g/mol. The van der Waals surface area contributed by atoms with Crippen LogP contribution in [0.3, 0.4) is 0 Å². The summed E-state index contributed by atoms with van der Waals surface area (Å²) in [4.78, 5) is 8.43. The van der Waals surface area contributed by atoms with E-state index in [2.05, 4.69) is 41.2 Å². The molecule has 1 aliphatic heterocycles. The summed E-state index contributed by atoms with van der Waals surface area (Å²) in [5.74, 6) is 0.445. The topological polar surface area (TPSA) is 24.7 Å². The van der Waals surface area contributed by atoms with Gasteiger partial charge in [-0.25, -0.2) is 0 Å². The zero-order valence-electron chi connectivity index (χ0n) is 8.93. The van der Waals surface area contributed by atoms with Crippen LogP contribution in [0.4, 0.5) is 0 Å². The van der Waals surface area contributed by atoms with Crippen molar-refractivity contribution in [2.75, 3.05) is 0 Å². The summed E-state index contributed by atoms with van der Waals surface area (Å²) in [6.45, 7) is 2.18. The van der Waals surface area contributed by atoms with Gasteiger partial charge in [-0.3, -0.25) is 0 Å². The van der Waals surface area contributed by atoms with Gasteiger partial charge in [-0.2, -0.15) is 0 Å². The summed E-state index contributed by atoms with van der Waals surface area (Å²) in [5.41, 5.74) is 1.39. The second-order valence-corrected chi connectivity index (χ2v) is 3.84. The van der Waals surface area contributed by atoms with Crippen molar-refractivity contribution in [1.82, 2.24) is 0 Å². The quantitative estimate of drug-likeness (QED) is 0.666. The van der Waals surface area contributed by atoms with Crippen LogP contribution in [-0.2, 0) is 6.42 Å². The zero-order chi connectivity index (χ0) is 10.5. The van der Waals surface area contributed by atoms with E-state index in [-0.39, 0.29) is 0 Å². The summed E-state index contributed by atoms with van der Waals surface area (Å²) in [6, 6.07) is 10.5. The Balaban J connectivity index is 1.83. The molecule has 2 heteroatoms. The number of hydrogen-bond donors (Lipinski definition) is 0. The predicted octanol–water partition coefficient (Wildman–Crippen LogP) is 2.90. The minimum atomic E-state index is 0.445. The fraction of sp³-hybridized carbons (Fsp3) is 0.308. The molecule has 1 unspecified atom stereocenters.